The molecule has 0 amide bonds. The molecule has 32 heavy (non-hydrogen) atoms. The Kier molecular flexibility index (Phi) is 6.19. The van der Waals surface area contributed by atoms with Crippen LogP contribution < -0.4 is 9.46 Å². The topological polar surface area (TPSA) is 106 Å². The van der Waals surface area contributed by atoms with Gasteiger partial charge in [-0.2, -0.15) is 11.8 Å². The Labute approximate surface area is 192 Å². The number of thioether (sulfide) groups is 1. The molecule has 1 aromatic heterocycles. The molecule has 0 spiro atoms. The first-order chi connectivity index (χ1) is 15.2. The van der Waals surface area contributed by atoms with Crippen molar-refractivity contribution >= 4 is 27.5 Å². The Bertz CT molecular complexity index is 1240. The fraction of sp³-hybridized carbons (Fsp3) is 0.364. The van der Waals surface area contributed by atoms with Crippen LogP contribution in [0.2, 0.25) is 0 Å². The molecule has 10 heteroatoms. The molecule has 1 aliphatic heterocycles. The normalized spacial score (nSPS) is 18.6. The fourth-order valence-electron chi connectivity index (χ4n) is 3.80. The number of rotatable bonds is 6. The van der Waals surface area contributed by atoms with Crippen LogP contribution in [0.5, 0.6) is 5.75 Å². The van der Waals surface area contributed by atoms with Crippen molar-refractivity contribution in [2.75, 3.05) is 30.4 Å². The van der Waals surface area contributed by atoms with Crippen molar-refractivity contribution in [1.29, 1.82) is 0 Å². The van der Waals surface area contributed by atoms with Gasteiger partial charge in [0.15, 0.2) is 5.82 Å². The van der Waals surface area contributed by atoms with E-state index in [1.165, 1.54) is 0 Å². The minimum atomic E-state index is -3.36. The highest BCUT2D eigenvalue weighted by molar-refractivity contribution is 8.00. The number of sulfonamides is 1. The number of hydrogen-bond acceptors (Lipinski definition) is 7. The van der Waals surface area contributed by atoms with E-state index in [-0.39, 0.29) is 11.4 Å². The number of aliphatic hydroxyl groups excluding tert-OH is 1. The number of anilines is 1. The van der Waals surface area contributed by atoms with Crippen LogP contribution in [0, 0.1) is 0 Å². The third-order valence-electron chi connectivity index (χ3n) is 5.40. The van der Waals surface area contributed by atoms with E-state index >= 15 is 0 Å². The predicted octanol–water partition coefficient (Wildman–Crippen LogP) is 3.03. The molecule has 1 atom stereocenters. The average Bonchev–Trinajstić information content (AvgIpc) is 3.05. The Morgan fingerprint density at radius 2 is 2.00 bits per heavy atom. The summed E-state index contributed by atoms with van der Waals surface area (Å²) in [6.07, 6.45) is 1.77. The second-order valence-corrected chi connectivity index (χ2v) is 11.5. The van der Waals surface area contributed by atoms with E-state index in [0.717, 1.165) is 46.9 Å². The van der Waals surface area contributed by atoms with Gasteiger partial charge in [0.25, 0.3) is 0 Å². The monoisotopic (exact) mass is 474 g/mol. The summed E-state index contributed by atoms with van der Waals surface area (Å²) in [6, 6.07) is 13.0. The molecule has 8 nitrogen and oxygen atoms in total. The zero-order valence-corrected chi connectivity index (χ0v) is 19.8. The summed E-state index contributed by atoms with van der Waals surface area (Å²) in [5.74, 6) is 3.10. The number of benzene rings is 2. The Hall–Kier alpha value is -2.56. The SMILES string of the molecule is COc1cc(-c2cccc(NS(C)(=O)=O)c2)ccc1-c1nnc2n1CCSC(C)(CO)C2. The smallest absolute Gasteiger partial charge is 0.229 e. The summed E-state index contributed by atoms with van der Waals surface area (Å²) in [5.41, 5.74) is 3.08. The van der Waals surface area contributed by atoms with Crippen molar-refractivity contribution in [2.24, 2.45) is 0 Å². The number of fused-ring (bicyclic) bond motifs is 1. The predicted molar refractivity (Wildman–Crippen MR) is 128 cm³/mol. The van der Waals surface area contributed by atoms with Crippen LogP contribution in [0.3, 0.4) is 0 Å². The standard InChI is InChI=1S/C22H26N4O4S2/c1-22(14-27)13-20-23-24-21(26(20)9-10-31-22)18-8-7-16(12-19(18)30-2)15-5-4-6-17(11-15)25-32(3,28)29/h4-8,11-12,25,27H,9-10,13-14H2,1-3H3. The summed E-state index contributed by atoms with van der Waals surface area (Å²) in [6.45, 7) is 2.89. The maximum Gasteiger partial charge on any atom is 0.229 e. The van der Waals surface area contributed by atoms with E-state index in [1.54, 1.807) is 37.1 Å². The van der Waals surface area contributed by atoms with Gasteiger partial charge in [0.1, 0.15) is 11.6 Å². The van der Waals surface area contributed by atoms with Gasteiger partial charge in [-0.3, -0.25) is 4.72 Å². The molecule has 2 heterocycles. The minimum Gasteiger partial charge on any atom is -0.496 e. The summed E-state index contributed by atoms with van der Waals surface area (Å²) in [7, 11) is -1.74. The van der Waals surface area contributed by atoms with Crippen molar-refractivity contribution < 1.29 is 18.3 Å². The maximum atomic E-state index is 11.6. The first-order valence-corrected chi connectivity index (χ1v) is 13.0. The Balaban J connectivity index is 1.70. The van der Waals surface area contributed by atoms with E-state index in [9.17, 15) is 13.5 Å². The molecule has 0 fully saturated rings. The quantitative estimate of drug-likeness (QED) is 0.566. The zero-order valence-electron chi connectivity index (χ0n) is 18.2. The molecule has 0 saturated carbocycles. The number of aromatic nitrogens is 3. The summed E-state index contributed by atoms with van der Waals surface area (Å²) in [4.78, 5) is 0. The van der Waals surface area contributed by atoms with Gasteiger partial charge in [-0.1, -0.05) is 18.2 Å². The van der Waals surface area contributed by atoms with Crippen molar-refractivity contribution in [3.63, 3.8) is 0 Å². The average molecular weight is 475 g/mol. The molecule has 0 saturated heterocycles. The number of aliphatic hydroxyl groups is 1. The molecule has 0 radical (unpaired) electrons. The third-order valence-corrected chi connectivity index (χ3v) is 7.36. The van der Waals surface area contributed by atoms with E-state index < -0.39 is 10.0 Å². The number of nitrogens with zero attached hydrogens (tertiary/aromatic N) is 3. The second kappa shape index (κ2) is 8.76. The van der Waals surface area contributed by atoms with Gasteiger partial charge in [-0.05, 0) is 42.3 Å². The Morgan fingerprint density at radius 3 is 2.72 bits per heavy atom. The van der Waals surface area contributed by atoms with Crippen LogP contribution in [0.25, 0.3) is 22.5 Å². The molecule has 1 unspecified atom stereocenters. The van der Waals surface area contributed by atoms with Gasteiger partial charge in [-0.25, -0.2) is 8.42 Å². The third kappa shape index (κ3) is 4.77. The molecule has 2 N–H and O–H groups in total. The Morgan fingerprint density at radius 1 is 1.22 bits per heavy atom. The molecule has 3 aromatic rings. The van der Waals surface area contributed by atoms with Gasteiger partial charge in [0.2, 0.25) is 10.0 Å². The highest BCUT2D eigenvalue weighted by Gasteiger charge is 2.31. The molecular weight excluding hydrogens is 448 g/mol. The van der Waals surface area contributed by atoms with Crippen LogP contribution >= 0.6 is 11.8 Å². The van der Waals surface area contributed by atoms with Gasteiger partial charge >= 0.3 is 0 Å². The molecule has 0 bridgehead atoms. The lowest BCUT2D eigenvalue weighted by Crippen LogP contribution is -2.28. The fourth-order valence-corrected chi connectivity index (χ4v) is 5.45. The zero-order chi connectivity index (χ0) is 22.9. The number of hydrogen-bond donors (Lipinski definition) is 2. The van der Waals surface area contributed by atoms with Crippen molar-refractivity contribution in [3.8, 4) is 28.3 Å². The first kappa shape index (κ1) is 22.6. The van der Waals surface area contributed by atoms with Crippen LogP contribution in [0.4, 0.5) is 5.69 Å². The van der Waals surface area contributed by atoms with E-state index in [4.69, 9.17) is 4.74 Å². The highest BCUT2D eigenvalue weighted by atomic mass is 32.2. The van der Waals surface area contributed by atoms with Gasteiger partial charge in [0, 0.05) is 29.2 Å². The second-order valence-electron chi connectivity index (χ2n) is 8.09. The van der Waals surface area contributed by atoms with E-state index in [1.807, 2.05) is 31.2 Å². The van der Waals surface area contributed by atoms with Gasteiger partial charge in [0.05, 0.1) is 25.5 Å². The van der Waals surface area contributed by atoms with Crippen molar-refractivity contribution in [3.05, 3.63) is 48.3 Å². The number of nitrogens with one attached hydrogen (secondary N) is 1. The maximum absolute atomic E-state index is 11.6. The van der Waals surface area contributed by atoms with Crippen LogP contribution in [-0.4, -0.2) is 58.8 Å². The first-order valence-electron chi connectivity index (χ1n) is 10.1. The largest absolute Gasteiger partial charge is 0.496 e. The lowest BCUT2D eigenvalue weighted by molar-refractivity contribution is 0.254. The van der Waals surface area contributed by atoms with Crippen LogP contribution in [0.1, 0.15) is 12.7 Å². The van der Waals surface area contributed by atoms with Crippen molar-refractivity contribution in [2.45, 2.75) is 24.6 Å². The van der Waals surface area contributed by atoms with Crippen molar-refractivity contribution in [1.82, 2.24) is 14.8 Å². The molecule has 1 aliphatic rings. The molecule has 2 aromatic carbocycles. The summed E-state index contributed by atoms with van der Waals surface area (Å²) >= 11 is 1.75. The number of methoxy groups -OCH3 is 1. The molecular formula is C22H26N4O4S2. The summed E-state index contributed by atoms with van der Waals surface area (Å²) in [5, 5.41) is 18.6. The van der Waals surface area contributed by atoms with Gasteiger partial charge < -0.3 is 14.4 Å². The highest BCUT2D eigenvalue weighted by Crippen LogP contribution is 2.37. The van der Waals surface area contributed by atoms with E-state index in [2.05, 4.69) is 19.5 Å². The number of ether oxygens (including phenoxy) is 1. The van der Waals surface area contributed by atoms with Crippen LogP contribution in [0.15, 0.2) is 42.5 Å². The molecule has 0 aliphatic carbocycles. The summed E-state index contributed by atoms with van der Waals surface area (Å²) < 4.78 is 33.2. The van der Waals surface area contributed by atoms with Gasteiger partial charge in [-0.15, -0.1) is 10.2 Å². The van der Waals surface area contributed by atoms with Crippen LogP contribution in [-0.2, 0) is 23.0 Å². The molecule has 4 rings (SSSR count). The minimum absolute atomic E-state index is 0.0884. The lowest BCUT2D eigenvalue weighted by atomic mass is 10.0. The van der Waals surface area contributed by atoms with E-state index in [0.29, 0.717) is 17.9 Å². The lowest BCUT2D eigenvalue weighted by Gasteiger charge is -2.23. The molecule has 170 valence electrons.